The van der Waals surface area contributed by atoms with Crippen molar-refractivity contribution in [1.29, 1.82) is 0 Å². The Hall–Kier alpha value is -3.49. The first-order valence-corrected chi connectivity index (χ1v) is 8.61. The number of rotatable bonds is 7. The number of β-lactam (4-membered cyclic amide) rings is 1. The Morgan fingerprint density at radius 2 is 1.96 bits per heavy atom. The Bertz CT molecular complexity index is 941. The molecule has 1 aromatic heterocycles. The molecule has 1 saturated heterocycles. The van der Waals surface area contributed by atoms with Gasteiger partial charge >= 0.3 is 6.09 Å². The Balaban J connectivity index is 1.86. The van der Waals surface area contributed by atoms with Crippen LogP contribution >= 0.6 is 0 Å². The number of likely N-dealkylation sites (tertiary alicyclic amines) is 1. The fourth-order valence-electron chi connectivity index (χ4n) is 3.27. The summed E-state index contributed by atoms with van der Waals surface area (Å²) < 4.78 is 12.0. The van der Waals surface area contributed by atoms with Gasteiger partial charge < -0.3 is 29.4 Å². The maximum atomic E-state index is 12.6. The number of nitrogens with zero attached hydrogens (tertiary/aromatic N) is 2. The first-order chi connectivity index (χ1) is 13.4. The molecule has 2 heterocycles. The van der Waals surface area contributed by atoms with Crippen molar-refractivity contribution >= 4 is 12.0 Å². The van der Waals surface area contributed by atoms with Gasteiger partial charge in [-0.25, -0.2) is 4.79 Å². The Kier molecular flexibility index (Phi) is 5.53. The third-order valence-corrected chi connectivity index (χ3v) is 4.73. The summed E-state index contributed by atoms with van der Waals surface area (Å²) >= 11 is 0. The van der Waals surface area contributed by atoms with E-state index in [0.29, 0.717) is 11.5 Å². The van der Waals surface area contributed by atoms with Crippen LogP contribution in [0.15, 0.2) is 47.4 Å². The normalized spacial score (nSPS) is 18.4. The van der Waals surface area contributed by atoms with Gasteiger partial charge in [0.2, 0.25) is 5.91 Å². The number of amides is 2. The average molecular weight is 387 g/mol. The Morgan fingerprint density at radius 1 is 1.18 bits per heavy atom. The monoisotopic (exact) mass is 387 g/mol. The average Bonchev–Trinajstić information content (AvgIpc) is 2.70. The van der Waals surface area contributed by atoms with Gasteiger partial charge in [-0.3, -0.25) is 9.59 Å². The molecular weight excluding hydrogens is 366 g/mol. The van der Waals surface area contributed by atoms with Gasteiger partial charge in [0.1, 0.15) is 17.5 Å². The van der Waals surface area contributed by atoms with Crippen LogP contribution in [-0.4, -0.2) is 52.9 Å². The van der Waals surface area contributed by atoms with Crippen molar-refractivity contribution in [3.05, 3.63) is 58.5 Å². The first kappa shape index (κ1) is 19.3. The van der Waals surface area contributed by atoms with Crippen LogP contribution < -0.4 is 20.3 Å². The van der Waals surface area contributed by atoms with Crippen molar-refractivity contribution < 1.29 is 24.2 Å². The summed E-state index contributed by atoms with van der Waals surface area (Å²) in [4.78, 5) is 37.2. The van der Waals surface area contributed by atoms with Gasteiger partial charge in [-0.15, -0.1) is 0 Å². The molecule has 0 spiro atoms. The minimum atomic E-state index is -1.29. The summed E-state index contributed by atoms with van der Waals surface area (Å²) in [5, 5.41) is 11.3. The number of carbonyl (C=O) groups is 2. The topological polar surface area (TPSA) is 110 Å². The second kappa shape index (κ2) is 8.03. The molecule has 0 radical (unpaired) electrons. The van der Waals surface area contributed by atoms with Crippen LogP contribution in [0.2, 0.25) is 0 Å². The van der Waals surface area contributed by atoms with Gasteiger partial charge in [-0.2, -0.15) is 0 Å². The van der Waals surface area contributed by atoms with Crippen LogP contribution in [0.25, 0.3) is 0 Å². The number of carbonyl (C=O) groups excluding carboxylic acids is 1. The molecule has 2 aromatic rings. The van der Waals surface area contributed by atoms with E-state index in [-0.39, 0.29) is 24.6 Å². The molecule has 0 unspecified atom stereocenters. The summed E-state index contributed by atoms with van der Waals surface area (Å²) in [6.07, 6.45) is 0.320. The highest BCUT2D eigenvalue weighted by Gasteiger charge is 2.48. The lowest BCUT2D eigenvalue weighted by atomic mass is 9.93. The summed E-state index contributed by atoms with van der Waals surface area (Å²) in [6, 6.07) is 8.58. The summed E-state index contributed by atoms with van der Waals surface area (Å²) in [6.45, 7) is 0.394. The van der Waals surface area contributed by atoms with Crippen LogP contribution in [0.4, 0.5) is 4.79 Å². The molecule has 2 amide bonds. The number of methoxy groups -OCH3 is 2. The first-order valence-electron chi connectivity index (χ1n) is 8.61. The van der Waals surface area contributed by atoms with Crippen molar-refractivity contribution in [3.63, 3.8) is 0 Å². The van der Waals surface area contributed by atoms with E-state index < -0.39 is 18.2 Å². The number of hydrogen-bond donors (Lipinski definition) is 2. The number of pyridine rings is 1. The lowest BCUT2D eigenvalue weighted by molar-refractivity contribution is -0.152. The molecule has 28 heavy (non-hydrogen) atoms. The predicted molar refractivity (Wildman–Crippen MR) is 99.5 cm³/mol. The number of carboxylic acid groups (broad SMARTS) is 1. The Morgan fingerprint density at radius 3 is 2.61 bits per heavy atom. The molecule has 0 aliphatic carbocycles. The summed E-state index contributed by atoms with van der Waals surface area (Å²) in [5.41, 5.74) is 0.522. The number of ether oxygens (including phenoxy) is 2. The second-order valence-electron chi connectivity index (χ2n) is 6.33. The molecule has 1 aliphatic rings. The van der Waals surface area contributed by atoms with Crippen molar-refractivity contribution in [1.82, 2.24) is 14.8 Å². The zero-order valence-electron chi connectivity index (χ0n) is 15.5. The van der Waals surface area contributed by atoms with Gasteiger partial charge in [0.15, 0.2) is 0 Å². The van der Waals surface area contributed by atoms with Gasteiger partial charge in [0, 0.05) is 37.0 Å². The van der Waals surface area contributed by atoms with E-state index in [1.165, 1.54) is 22.6 Å². The molecule has 2 atom stereocenters. The molecule has 9 heteroatoms. The summed E-state index contributed by atoms with van der Waals surface area (Å²) in [7, 11) is 3.06. The van der Waals surface area contributed by atoms with E-state index in [1.54, 1.807) is 43.6 Å². The highest BCUT2D eigenvalue weighted by molar-refractivity contribution is 5.92. The van der Waals surface area contributed by atoms with E-state index in [2.05, 4.69) is 5.32 Å². The SMILES string of the molecule is COc1ccc(CN2C(=O)[C@@H](NC(=O)O)[C@@H]2Cn2ccccc2=O)c(OC)c1. The molecule has 0 saturated carbocycles. The number of hydrogen-bond acceptors (Lipinski definition) is 5. The third kappa shape index (κ3) is 3.78. The van der Waals surface area contributed by atoms with Crippen LogP contribution in [0, 0.1) is 0 Å². The summed E-state index contributed by atoms with van der Waals surface area (Å²) in [5.74, 6) is 0.819. The smallest absolute Gasteiger partial charge is 0.405 e. The van der Waals surface area contributed by atoms with E-state index in [4.69, 9.17) is 14.6 Å². The van der Waals surface area contributed by atoms with E-state index in [1.807, 2.05) is 0 Å². The number of benzene rings is 1. The van der Waals surface area contributed by atoms with Crippen LogP contribution in [0.3, 0.4) is 0 Å². The molecule has 148 valence electrons. The lowest BCUT2D eigenvalue weighted by Crippen LogP contribution is -2.71. The molecule has 1 fully saturated rings. The zero-order chi connectivity index (χ0) is 20.3. The highest BCUT2D eigenvalue weighted by Crippen LogP contribution is 2.30. The Labute approximate surface area is 161 Å². The molecule has 1 aromatic carbocycles. The van der Waals surface area contributed by atoms with Gasteiger partial charge in [0.25, 0.3) is 5.56 Å². The minimum absolute atomic E-state index is 0.175. The predicted octanol–water partition coefficient (Wildman–Crippen LogP) is 0.913. The molecule has 1 aliphatic heterocycles. The van der Waals surface area contributed by atoms with Crippen molar-refractivity contribution in [2.75, 3.05) is 14.2 Å². The van der Waals surface area contributed by atoms with Crippen LogP contribution in [-0.2, 0) is 17.9 Å². The molecule has 3 rings (SSSR count). The van der Waals surface area contributed by atoms with Crippen LogP contribution in [0.5, 0.6) is 11.5 Å². The maximum Gasteiger partial charge on any atom is 0.405 e. The van der Waals surface area contributed by atoms with Gasteiger partial charge in [-0.1, -0.05) is 6.07 Å². The zero-order valence-corrected chi connectivity index (χ0v) is 15.5. The van der Waals surface area contributed by atoms with Crippen molar-refractivity contribution in [3.8, 4) is 11.5 Å². The molecular formula is C19H21N3O6. The standard InChI is InChI=1S/C19H21N3O6/c1-27-13-7-6-12(15(9-13)28-2)10-22-14(17(18(22)24)20-19(25)26)11-21-8-4-3-5-16(21)23/h3-9,14,17,20H,10-11H2,1-2H3,(H,25,26)/t14-,17-/m0/s1. The van der Waals surface area contributed by atoms with E-state index in [9.17, 15) is 14.4 Å². The van der Waals surface area contributed by atoms with Crippen LogP contribution in [0.1, 0.15) is 5.56 Å². The lowest BCUT2D eigenvalue weighted by Gasteiger charge is -2.47. The molecule has 0 bridgehead atoms. The quantitative estimate of drug-likeness (QED) is 0.684. The van der Waals surface area contributed by atoms with Crippen molar-refractivity contribution in [2.45, 2.75) is 25.2 Å². The minimum Gasteiger partial charge on any atom is -0.497 e. The fourth-order valence-corrected chi connectivity index (χ4v) is 3.27. The van der Waals surface area contributed by atoms with Gasteiger partial charge in [0.05, 0.1) is 20.3 Å². The van der Waals surface area contributed by atoms with E-state index in [0.717, 1.165) is 5.56 Å². The van der Waals surface area contributed by atoms with Gasteiger partial charge in [-0.05, 0) is 18.2 Å². The van der Waals surface area contributed by atoms with E-state index >= 15 is 0 Å². The maximum absolute atomic E-state index is 12.6. The number of aromatic nitrogens is 1. The largest absolute Gasteiger partial charge is 0.497 e. The third-order valence-electron chi connectivity index (χ3n) is 4.73. The number of nitrogens with one attached hydrogen (secondary N) is 1. The van der Waals surface area contributed by atoms with Crippen molar-refractivity contribution in [2.24, 2.45) is 0 Å². The second-order valence-corrected chi connectivity index (χ2v) is 6.33. The fraction of sp³-hybridized carbons (Fsp3) is 0.316. The molecule has 2 N–H and O–H groups in total. The highest BCUT2D eigenvalue weighted by atomic mass is 16.5. The molecule has 9 nitrogen and oxygen atoms in total.